The van der Waals surface area contributed by atoms with E-state index in [9.17, 15) is 13.2 Å². The van der Waals surface area contributed by atoms with Gasteiger partial charge in [-0.1, -0.05) is 0 Å². The van der Waals surface area contributed by atoms with Gasteiger partial charge in [0, 0.05) is 19.0 Å². The van der Waals surface area contributed by atoms with Crippen LogP contribution in [0.4, 0.5) is 5.82 Å². The second-order valence-electron chi connectivity index (χ2n) is 6.19. The maximum Gasteiger partial charge on any atom is 0.239 e. The fraction of sp³-hybridized carbons (Fsp3) is 0.714. The molecule has 3 heterocycles. The van der Waals surface area contributed by atoms with Crippen molar-refractivity contribution in [2.75, 3.05) is 30.4 Å². The molecule has 2 aliphatic rings. The third-order valence-electron chi connectivity index (χ3n) is 4.46. The molecule has 0 spiro atoms. The molecule has 0 unspecified atom stereocenters. The Morgan fingerprint density at radius 2 is 2.32 bits per heavy atom. The fourth-order valence-corrected chi connectivity index (χ4v) is 4.98. The highest BCUT2D eigenvalue weighted by Crippen LogP contribution is 2.20. The van der Waals surface area contributed by atoms with E-state index in [0.717, 1.165) is 37.4 Å². The number of nitrogens with one attached hydrogen (secondary N) is 1. The Labute approximate surface area is 130 Å². The van der Waals surface area contributed by atoms with E-state index in [1.807, 2.05) is 4.90 Å². The highest BCUT2D eigenvalue weighted by molar-refractivity contribution is 7.91. The van der Waals surface area contributed by atoms with Gasteiger partial charge in [0.25, 0.3) is 0 Å². The number of hydrogen-bond acceptors (Lipinski definition) is 5. The van der Waals surface area contributed by atoms with Gasteiger partial charge in [0.1, 0.15) is 11.6 Å². The first kappa shape index (κ1) is 15.5. The molecule has 8 heteroatoms. The summed E-state index contributed by atoms with van der Waals surface area (Å²) < 4.78 is 25.1. The average Bonchev–Trinajstić information content (AvgIpc) is 3.03. The second kappa shape index (κ2) is 6.00. The molecule has 1 N–H and O–H groups in total. The van der Waals surface area contributed by atoms with E-state index in [1.165, 1.54) is 0 Å². The van der Waals surface area contributed by atoms with Crippen molar-refractivity contribution >= 4 is 21.6 Å². The molecule has 1 fully saturated rings. The molecule has 0 aliphatic carbocycles. The summed E-state index contributed by atoms with van der Waals surface area (Å²) in [5, 5.41) is 2.90. The van der Waals surface area contributed by atoms with Crippen LogP contribution in [0.25, 0.3) is 0 Å². The monoisotopic (exact) mass is 326 g/mol. The first-order valence-corrected chi connectivity index (χ1v) is 9.52. The SMILES string of the molecule is CN(CC(=O)Nc1cnc2n1CCCC2)[C@H]1CCS(=O)(=O)C1. The summed E-state index contributed by atoms with van der Waals surface area (Å²) in [6.45, 7) is 1.09. The predicted molar refractivity (Wildman–Crippen MR) is 83.5 cm³/mol. The summed E-state index contributed by atoms with van der Waals surface area (Å²) in [4.78, 5) is 18.3. The molecule has 1 amide bonds. The van der Waals surface area contributed by atoms with Gasteiger partial charge >= 0.3 is 0 Å². The maximum absolute atomic E-state index is 12.2. The van der Waals surface area contributed by atoms with Gasteiger partial charge in [-0.2, -0.15) is 0 Å². The number of nitrogens with zero attached hydrogens (tertiary/aromatic N) is 3. The molecule has 0 aromatic carbocycles. The zero-order valence-electron chi connectivity index (χ0n) is 12.8. The van der Waals surface area contributed by atoms with Crippen molar-refractivity contribution < 1.29 is 13.2 Å². The summed E-state index contributed by atoms with van der Waals surface area (Å²) in [5.74, 6) is 2.02. The smallest absolute Gasteiger partial charge is 0.239 e. The number of amides is 1. The van der Waals surface area contributed by atoms with Gasteiger partial charge < -0.3 is 9.88 Å². The number of likely N-dealkylation sites (N-methyl/N-ethyl adjacent to an activating group) is 1. The molecule has 0 radical (unpaired) electrons. The van der Waals surface area contributed by atoms with Gasteiger partial charge in [-0.05, 0) is 26.3 Å². The molecule has 1 atom stereocenters. The zero-order chi connectivity index (χ0) is 15.7. The number of aromatic nitrogens is 2. The van der Waals surface area contributed by atoms with Crippen molar-refractivity contribution in [2.45, 2.75) is 38.3 Å². The minimum Gasteiger partial charge on any atom is -0.315 e. The molecular weight excluding hydrogens is 304 g/mol. The van der Waals surface area contributed by atoms with Crippen LogP contribution in [0.15, 0.2) is 6.20 Å². The number of hydrogen-bond donors (Lipinski definition) is 1. The van der Waals surface area contributed by atoms with E-state index in [-0.39, 0.29) is 30.0 Å². The zero-order valence-corrected chi connectivity index (χ0v) is 13.6. The summed E-state index contributed by atoms with van der Waals surface area (Å²) in [5.41, 5.74) is 0. The van der Waals surface area contributed by atoms with Crippen molar-refractivity contribution in [3.8, 4) is 0 Å². The van der Waals surface area contributed by atoms with Gasteiger partial charge in [0.2, 0.25) is 5.91 Å². The third-order valence-corrected chi connectivity index (χ3v) is 6.21. The van der Waals surface area contributed by atoms with Gasteiger partial charge in [-0.3, -0.25) is 9.69 Å². The highest BCUT2D eigenvalue weighted by atomic mass is 32.2. The normalized spacial score (nSPS) is 23.5. The molecule has 0 saturated carbocycles. The van der Waals surface area contributed by atoms with Crippen molar-refractivity contribution in [1.29, 1.82) is 0 Å². The Morgan fingerprint density at radius 3 is 3.05 bits per heavy atom. The van der Waals surface area contributed by atoms with Crippen LogP contribution in [0.1, 0.15) is 25.1 Å². The number of aryl methyl sites for hydroxylation is 1. The fourth-order valence-electron chi connectivity index (χ4n) is 3.18. The Morgan fingerprint density at radius 1 is 1.50 bits per heavy atom. The molecule has 7 nitrogen and oxygen atoms in total. The Hall–Kier alpha value is -1.41. The third kappa shape index (κ3) is 3.33. The number of sulfone groups is 1. The van der Waals surface area contributed by atoms with E-state index in [0.29, 0.717) is 6.42 Å². The Bertz CT molecular complexity index is 668. The number of fused-ring (bicyclic) bond motifs is 1. The minimum absolute atomic E-state index is 0.0601. The van der Waals surface area contributed by atoms with E-state index >= 15 is 0 Å². The van der Waals surface area contributed by atoms with Crippen LogP contribution in [0.3, 0.4) is 0 Å². The number of carbonyl (C=O) groups excluding carboxylic acids is 1. The summed E-state index contributed by atoms with van der Waals surface area (Å²) in [6.07, 6.45) is 5.51. The Balaban J connectivity index is 1.57. The van der Waals surface area contributed by atoms with Crippen LogP contribution in [0.2, 0.25) is 0 Å². The lowest BCUT2D eigenvalue weighted by atomic mass is 10.2. The molecule has 0 bridgehead atoms. The second-order valence-corrected chi connectivity index (χ2v) is 8.42. The first-order valence-electron chi connectivity index (χ1n) is 7.69. The summed E-state index contributed by atoms with van der Waals surface area (Å²) in [7, 11) is -1.12. The van der Waals surface area contributed by atoms with Crippen LogP contribution in [0.5, 0.6) is 0 Å². The number of imidazole rings is 1. The predicted octanol–water partition coefficient (Wildman–Crippen LogP) is 0.277. The van der Waals surface area contributed by atoms with Crippen LogP contribution in [-0.4, -0.2) is 59.9 Å². The molecule has 122 valence electrons. The van der Waals surface area contributed by atoms with Crippen LogP contribution in [-0.2, 0) is 27.6 Å². The van der Waals surface area contributed by atoms with Crippen molar-refractivity contribution in [3.05, 3.63) is 12.0 Å². The van der Waals surface area contributed by atoms with E-state index < -0.39 is 9.84 Å². The Kier molecular flexibility index (Phi) is 4.22. The van der Waals surface area contributed by atoms with E-state index in [4.69, 9.17) is 0 Å². The number of anilines is 1. The van der Waals surface area contributed by atoms with Crippen LogP contribution >= 0.6 is 0 Å². The van der Waals surface area contributed by atoms with Crippen LogP contribution < -0.4 is 5.32 Å². The lowest BCUT2D eigenvalue weighted by Crippen LogP contribution is -2.39. The average molecular weight is 326 g/mol. The van der Waals surface area contributed by atoms with Gasteiger partial charge in [-0.25, -0.2) is 13.4 Å². The van der Waals surface area contributed by atoms with Gasteiger partial charge in [-0.15, -0.1) is 0 Å². The largest absolute Gasteiger partial charge is 0.315 e. The van der Waals surface area contributed by atoms with Crippen molar-refractivity contribution in [1.82, 2.24) is 14.5 Å². The molecule has 3 rings (SSSR count). The molecule has 22 heavy (non-hydrogen) atoms. The minimum atomic E-state index is -2.93. The topological polar surface area (TPSA) is 84.3 Å². The van der Waals surface area contributed by atoms with Crippen LogP contribution in [0, 0.1) is 0 Å². The van der Waals surface area contributed by atoms with E-state index in [2.05, 4.69) is 14.9 Å². The quantitative estimate of drug-likeness (QED) is 0.859. The van der Waals surface area contributed by atoms with Crippen molar-refractivity contribution in [3.63, 3.8) is 0 Å². The van der Waals surface area contributed by atoms with E-state index in [1.54, 1.807) is 13.2 Å². The summed E-state index contributed by atoms with van der Waals surface area (Å²) in [6, 6.07) is -0.0601. The molecular formula is C14H22N4O3S. The standard InChI is InChI=1S/C14H22N4O3S/c1-17(11-5-7-22(20,21)10-11)9-14(19)16-13-8-15-12-4-2-3-6-18(12)13/h8,11H,2-7,9-10H2,1H3,(H,16,19)/t11-/m0/s1. The molecule has 2 aliphatic heterocycles. The lowest BCUT2D eigenvalue weighted by molar-refractivity contribution is -0.117. The highest BCUT2D eigenvalue weighted by Gasteiger charge is 2.31. The lowest BCUT2D eigenvalue weighted by Gasteiger charge is -2.22. The maximum atomic E-state index is 12.2. The first-order chi connectivity index (χ1) is 10.4. The summed E-state index contributed by atoms with van der Waals surface area (Å²) >= 11 is 0. The number of carbonyl (C=O) groups is 1. The van der Waals surface area contributed by atoms with Gasteiger partial charge in [0.15, 0.2) is 9.84 Å². The number of rotatable bonds is 4. The molecule has 1 aromatic heterocycles. The van der Waals surface area contributed by atoms with Crippen molar-refractivity contribution in [2.24, 2.45) is 0 Å². The van der Waals surface area contributed by atoms with Gasteiger partial charge in [0.05, 0.1) is 24.2 Å². The molecule has 1 aromatic rings. The molecule has 1 saturated heterocycles.